The zero-order valence-corrected chi connectivity index (χ0v) is 17.3. The number of carbonyl (C=O) groups excluding carboxylic acids is 1. The molecule has 2 aromatic heterocycles. The van der Waals surface area contributed by atoms with Crippen LogP contribution in [0.5, 0.6) is 0 Å². The largest absolute Gasteiger partial charge is 0.457 e. The highest BCUT2D eigenvalue weighted by Gasteiger charge is 2.33. The van der Waals surface area contributed by atoms with Gasteiger partial charge in [0.1, 0.15) is 16.5 Å². The zero-order chi connectivity index (χ0) is 19.4. The van der Waals surface area contributed by atoms with Crippen LogP contribution >= 0.6 is 34.5 Å². The van der Waals surface area contributed by atoms with Gasteiger partial charge in [0, 0.05) is 23.5 Å². The minimum absolute atomic E-state index is 0.0479. The van der Waals surface area contributed by atoms with Crippen LogP contribution in [0.1, 0.15) is 32.7 Å². The summed E-state index contributed by atoms with van der Waals surface area (Å²) >= 11 is 13.8. The molecule has 0 fully saturated rings. The minimum Gasteiger partial charge on any atom is -0.457 e. The molecule has 1 amide bonds. The van der Waals surface area contributed by atoms with Gasteiger partial charge in [0.25, 0.3) is 5.91 Å². The molecule has 5 nitrogen and oxygen atoms in total. The van der Waals surface area contributed by atoms with Crippen molar-refractivity contribution in [1.29, 1.82) is 0 Å². The first-order valence-electron chi connectivity index (χ1n) is 8.95. The quantitative estimate of drug-likeness (QED) is 0.585. The van der Waals surface area contributed by atoms with Gasteiger partial charge in [-0.3, -0.25) is 4.79 Å². The van der Waals surface area contributed by atoms with Gasteiger partial charge >= 0.3 is 0 Å². The Labute approximate surface area is 176 Å². The average Bonchev–Trinajstić information content (AvgIpc) is 3.28. The lowest BCUT2D eigenvalue weighted by molar-refractivity contribution is 0.0930. The summed E-state index contributed by atoms with van der Waals surface area (Å²) in [5.41, 5.74) is 2.80. The molecule has 2 aliphatic rings. The van der Waals surface area contributed by atoms with E-state index in [1.807, 2.05) is 18.2 Å². The van der Waals surface area contributed by atoms with E-state index in [4.69, 9.17) is 27.6 Å². The monoisotopic (exact) mass is 433 g/mol. The average molecular weight is 434 g/mol. The molecule has 0 radical (unpaired) electrons. The first-order valence-corrected chi connectivity index (χ1v) is 10.5. The van der Waals surface area contributed by atoms with Crippen LogP contribution in [0.15, 0.2) is 34.7 Å². The van der Waals surface area contributed by atoms with Gasteiger partial charge in [-0.1, -0.05) is 23.2 Å². The van der Waals surface area contributed by atoms with Crippen molar-refractivity contribution < 1.29 is 9.21 Å². The Morgan fingerprint density at radius 1 is 1.18 bits per heavy atom. The van der Waals surface area contributed by atoms with Crippen LogP contribution in [-0.4, -0.2) is 24.4 Å². The van der Waals surface area contributed by atoms with Crippen LogP contribution in [0.4, 0.5) is 5.00 Å². The molecule has 0 spiro atoms. The Morgan fingerprint density at radius 3 is 2.86 bits per heavy atom. The number of likely N-dealkylation sites (N-methyl/N-ethyl adjacent to an activating group) is 1. The number of anilines is 1. The van der Waals surface area contributed by atoms with Crippen LogP contribution in [0.2, 0.25) is 10.0 Å². The second-order valence-electron chi connectivity index (χ2n) is 7.08. The number of carbonyl (C=O) groups is 1. The Bertz CT molecular complexity index is 1090. The SMILES string of the molecule is CN1CCc2c(sc3c2C(=O)N[C@@H](c2ccc(-c4ccc(Cl)c(Cl)c4)o2)N3)C1. The fourth-order valence-corrected chi connectivity index (χ4v) is 5.35. The lowest BCUT2D eigenvalue weighted by Gasteiger charge is -2.26. The van der Waals surface area contributed by atoms with E-state index in [9.17, 15) is 4.79 Å². The number of halogens is 2. The van der Waals surface area contributed by atoms with Crippen molar-refractivity contribution in [2.45, 2.75) is 19.1 Å². The van der Waals surface area contributed by atoms with Gasteiger partial charge in [0.15, 0.2) is 6.17 Å². The number of rotatable bonds is 2. The van der Waals surface area contributed by atoms with Crippen LogP contribution < -0.4 is 10.6 Å². The van der Waals surface area contributed by atoms with Crippen molar-refractivity contribution in [3.63, 3.8) is 0 Å². The van der Waals surface area contributed by atoms with Crippen LogP contribution in [-0.2, 0) is 13.0 Å². The van der Waals surface area contributed by atoms with E-state index in [0.717, 1.165) is 35.6 Å². The Hall–Kier alpha value is -1.99. The van der Waals surface area contributed by atoms with E-state index >= 15 is 0 Å². The van der Waals surface area contributed by atoms with Gasteiger partial charge in [0.2, 0.25) is 0 Å². The molecule has 1 aromatic carbocycles. The van der Waals surface area contributed by atoms with E-state index in [0.29, 0.717) is 21.6 Å². The lowest BCUT2D eigenvalue weighted by Crippen LogP contribution is -2.38. The second kappa shape index (κ2) is 6.81. The van der Waals surface area contributed by atoms with Gasteiger partial charge < -0.3 is 20.0 Å². The van der Waals surface area contributed by atoms with E-state index in [1.165, 1.54) is 10.4 Å². The van der Waals surface area contributed by atoms with Gasteiger partial charge in [-0.2, -0.15) is 0 Å². The maximum Gasteiger partial charge on any atom is 0.256 e. The third-order valence-corrected chi connectivity index (χ3v) is 7.03. The highest BCUT2D eigenvalue weighted by Crippen LogP contribution is 2.41. The molecular weight excluding hydrogens is 417 g/mol. The van der Waals surface area contributed by atoms with Gasteiger partial charge in [-0.15, -0.1) is 11.3 Å². The molecule has 5 rings (SSSR count). The molecule has 8 heteroatoms. The molecule has 3 aromatic rings. The smallest absolute Gasteiger partial charge is 0.256 e. The minimum atomic E-state index is -0.408. The summed E-state index contributed by atoms with van der Waals surface area (Å²) in [6.07, 6.45) is 0.494. The Balaban J connectivity index is 1.44. The third kappa shape index (κ3) is 3.01. The van der Waals surface area contributed by atoms with Crippen LogP contribution in [0.25, 0.3) is 11.3 Å². The topological polar surface area (TPSA) is 57.5 Å². The van der Waals surface area contributed by atoms with E-state index in [1.54, 1.807) is 23.5 Å². The summed E-state index contributed by atoms with van der Waals surface area (Å²) in [6.45, 7) is 1.85. The number of hydrogen-bond acceptors (Lipinski definition) is 5. The maximum atomic E-state index is 12.8. The predicted octanol–water partition coefficient (Wildman–Crippen LogP) is 5.16. The van der Waals surface area contributed by atoms with Crippen LogP contribution in [0, 0.1) is 0 Å². The normalized spacial score (nSPS) is 19.0. The van der Waals surface area contributed by atoms with Crippen molar-refractivity contribution in [2.75, 3.05) is 18.9 Å². The fraction of sp³-hybridized carbons (Fsp3) is 0.250. The summed E-state index contributed by atoms with van der Waals surface area (Å²) < 4.78 is 6.00. The molecule has 28 heavy (non-hydrogen) atoms. The molecule has 0 bridgehead atoms. The molecule has 0 saturated carbocycles. The van der Waals surface area contributed by atoms with Gasteiger partial charge in [-0.25, -0.2) is 0 Å². The Kier molecular flexibility index (Phi) is 4.39. The van der Waals surface area contributed by atoms with E-state index in [-0.39, 0.29) is 5.91 Å². The number of nitrogens with zero attached hydrogens (tertiary/aromatic N) is 1. The fourth-order valence-electron chi connectivity index (χ4n) is 3.70. The summed E-state index contributed by atoms with van der Waals surface area (Å²) in [7, 11) is 2.10. The first-order chi connectivity index (χ1) is 13.5. The number of furan rings is 1. The van der Waals surface area contributed by atoms with Gasteiger partial charge in [0.05, 0.1) is 15.6 Å². The van der Waals surface area contributed by atoms with Crippen molar-refractivity contribution in [2.24, 2.45) is 0 Å². The van der Waals surface area contributed by atoms with E-state index in [2.05, 4.69) is 22.6 Å². The number of nitrogens with one attached hydrogen (secondary N) is 2. The number of thiophene rings is 1. The second-order valence-corrected chi connectivity index (χ2v) is 9.00. The molecule has 4 heterocycles. The van der Waals surface area contributed by atoms with Crippen molar-refractivity contribution in [1.82, 2.24) is 10.2 Å². The molecule has 0 saturated heterocycles. The number of fused-ring (bicyclic) bond motifs is 3. The lowest BCUT2D eigenvalue weighted by atomic mass is 10.0. The highest BCUT2D eigenvalue weighted by atomic mass is 35.5. The van der Waals surface area contributed by atoms with Crippen molar-refractivity contribution in [3.8, 4) is 11.3 Å². The van der Waals surface area contributed by atoms with E-state index < -0.39 is 6.17 Å². The molecule has 1 atom stereocenters. The molecule has 144 valence electrons. The highest BCUT2D eigenvalue weighted by molar-refractivity contribution is 7.16. The third-order valence-electron chi connectivity index (χ3n) is 5.14. The van der Waals surface area contributed by atoms with Crippen LogP contribution in [0.3, 0.4) is 0 Å². The molecule has 0 unspecified atom stereocenters. The molecule has 2 N–H and O–H groups in total. The van der Waals surface area contributed by atoms with Crippen molar-refractivity contribution in [3.05, 3.63) is 62.1 Å². The molecule has 0 aliphatic carbocycles. The maximum absolute atomic E-state index is 12.8. The summed E-state index contributed by atoms with van der Waals surface area (Å²) in [6, 6.07) is 9.09. The summed E-state index contributed by atoms with van der Waals surface area (Å²) in [4.78, 5) is 16.3. The first kappa shape index (κ1) is 18.1. The summed E-state index contributed by atoms with van der Waals surface area (Å²) in [5, 5.41) is 8.34. The molecule has 2 aliphatic heterocycles. The molecular formula is C20H17Cl2N3O2S. The predicted molar refractivity (Wildman–Crippen MR) is 112 cm³/mol. The Morgan fingerprint density at radius 2 is 2.04 bits per heavy atom. The number of amides is 1. The standard InChI is InChI=1S/C20H17Cl2N3O2S/c1-25-7-6-11-16(9-25)28-20-17(11)19(26)23-18(24-20)15-5-4-14(27-15)10-2-3-12(21)13(22)8-10/h2-5,8,18,24H,6-7,9H2,1H3,(H,23,26)/t18-/m1/s1. The number of hydrogen-bond donors (Lipinski definition) is 2. The zero-order valence-electron chi connectivity index (χ0n) is 15.0. The number of benzene rings is 1. The summed E-state index contributed by atoms with van der Waals surface area (Å²) in [5.74, 6) is 1.26. The van der Waals surface area contributed by atoms with Gasteiger partial charge in [-0.05, 0) is 49.4 Å². The van der Waals surface area contributed by atoms with Crippen molar-refractivity contribution >= 4 is 45.4 Å².